The molecule has 2 rings (SSSR count). The van der Waals surface area contributed by atoms with Crippen LogP contribution in [0.4, 0.5) is 18.9 Å². The number of rotatable bonds is 4. The van der Waals surface area contributed by atoms with Crippen LogP contribution in [-0.2, 0) is 16.2 Å². The maximum atomic E-state index is 12.8. The molecule has 0 aliphatic rings. The number of carbonyl (C=O) groups is 1. The molecule has 0 bridgehead atoms. The molecule has 0 saturated heterocycles. The number of hydrogen-bond donors (Lipinski definition) is 2. The SMILES string of the molecule is CC(C)(C)NC(=O)c1cccc(S(=O)(=O)Nc2cccc(C(F)(F)F)c2)c1. The highest BCUT2D eigenvalue weighted by atomic mass is 32.2. The second-order valence-electron chi connectivity index (χ2n) is 6.92. The minimum absolute atomic E-state index is 0.122. The van der Waals surface area contributed by atoms with Gasteiger partial charge in [0.15, 0.2) is 0 Å². The standard InChI is InChI=1S/C18H19F3N2O3S/c1-17(2,3)22-16(24)12-6-4-9-15(10-12)27(25,26)23-14-8-5-7-13(11-14)18(19,20)21/h4-11,23H,1-3H3,(H,22,24). The second kappa shape index (κ2) is 7.22. The first-order valence-electron chi connectivity index (χ1n) is 7.91. The van der Waals surface area contributed by atoms with Crippen molar-refractivity contribution in [2.24, 2.45) is 0 Å². The summed E-state index contributed by atoms with van der Waals surface area (Å²) >= 11 is 0. The van der Waals surface area contributed by atoms with E-state index in [1.165, 1.54) is 24.3 Å². The number of amides is 1. The van der Waals surface area contributed by atoms with Crippen molar-refractivity contribution >= 4 is 21.6 Å². The summed E-state index contributed by atoms with van der Waals surface area (Å²) in [5.74, 6) is -0.460. The Morgan fingerprint density at radius 2 is 1.59 bits per heavy atom. The monoisotopic (exact) mass is 400 g/mol. The molecule has 9 heteroatoms. The van der Waals surface area contributed by atoms with Crippen LogP contribution in [0.2, 0.25) is 0 Å². The normalized spacial score (nSPS) is 12.5. The summed E-state index contributed by atoms with van der Waals surface area (Å²) in [7, 11) is -4.17. The van der Waals surface area contributed by atoms with E-state index in [2.05, 4.69) is 10.0 Å². The first-order valence-corrected chi connectivity index (χ1v) is 9.39. The molecule has 0 atom stereocenters. The van der Waals surface area contributed by atoms with Gasteiger partial charge in [0.05, 0.1) is 10.5 Å². The van der Waals surface area contributed by atoms with Crippen molar-refractivity contribution in [1.82, 2.24) is 5.32 Å². The third-order valence-electron chi connectivity index (χ3n) is 3.34. The van der Waals surface area contributed by atoms with Gasteiger partial charge in [-0.05, 0) is 57.2 Å². The Hall–Kier alpha value is -2.55. The molecule has 0 heterocycles. The molecule has 1 amide bonds. The first-order chi connectivity index (χ1) is 12.3. The van der Waals surface area contributed by atoms with Crippen molar-refractivity contribution in [2.75, 3.05) is 4.72 Å². The summed E-state index contributed by atoms with van der Waals surface area (Å²) in [6, 6.07) is 9.11. The number of hydrogen-bond acceptors (Lipinski definition) is 3. The van der Waals surface area contributed by atoms with Crippen molar-refractivity contribution in [1.29, 1.82) is 0 Å². The molecule has 0 saturated carbocycles. The number of halogens is 3. The lowest BCUT2D eigenvalue weighted by molar-refractivity contribution is -0.137. The van der Waals surface area contributed by atoms with Gasteiger partial charge in [-0.15, -0.1) is 0 Å². The largest absolute Gasteiger partial charge is 0.416 e. The lowest BCUT2D eigenvalue weighted by atomic mass is 10.1. The van der Waals surface area contributed by atoms with E-state index >= 15 is 0 Å². The van der Waals surface area contributed by atoms with Gasteiger partial charge in [0.2, 0.25) is 0 Å². The zero-order valence-electron chi connectivity index (χ0n) is 14.9. The van der Waals surface area contributed by atoms with Gasteiger partial charge in [0.1, 0.15) is 0 Å². The lowest BCUT2D eigenvalue weighted by Crippen LogP contribution is -2.40. The highest BCUT2D eigenvalue weighted by Gasteiger charge is 2.30. The molecule has 0 fully saturated rings. The Morgan fingerprint density at radius 3 is 2.19 bits per heavy atom. The van der Waals surface area contributed by atoms with Gasteiger partial charge in [-0.3, -0.25) is 9.52 Å². The molecule has 0 unspecified atom stereocenters. The van der Waals surface area contributed by atoms with E-state index in [-0.39, 0.29) is 16.1 Å². The second-order valence-corrected chi connectivity index (χ2v) is 8.60. The summed E-state index contributed by atoms with van der Waals surface area (Å²) in [5, 5.41) is 2.71. The van der Waals surface area contributed by atoms with Gasteiger partial charge in [0.25, 0.3) is 15.9 Å². The average molecular weight is 400 g/mol. The molecular weight excluding hydrogens is 381 g/mol. The molecule has 0 aliphatic carbocycles. The Labute approximate surface area is 155 Å². The molecule has 2 aromatic carbocycles. The number of alkyl halides is 3. The number of benzene rings is 2. The van der Waals surface area contributed by atoms with Crippen LogP contribution in [0.25, 0.3) is 0 Å². The summed E-state index contributed by atoms with van der Waals surface area (Å²) in [6.07, 6.45) is -4.59. The van der Waals surface area contributed by atoms with Crippen molar-refractivity contribution in [3.63, 3.8) is 0 Å². The zero-order valence-corrected chi connectivity index (χ0v) is 15.7. The Morgan fingerprint density at radius 1 is 0.963 bits per heavy atom. The molecule has 5 nitrogen and oxygen atoms in total. The van der Waals surface area contributed by atoms with E-state index < -0.39 is 33.2 Å². The predicted octanol–water partition coefficient (Wildman–Crippen LogP) is 4.03. The van der Waals surface area contributed by atoms with Crippen molar-refractivity contribution in [3.8, 4) is 0 Å². The van der Waals surface area contributed by atoms with Crippen LogP contribution in [0.1, 0.15) is 36.7 Å². The van der Waals surface area contributed by atoms with Crippen LogP contribution in [0.3, 0.4) is 0 Å². The molecule has 2 N–H and O–H groups in total. The quantitative estimate of drug-likeness (QED) is 0.814. The molecule has 146 valence electrons. The summed E-state index contributed by atoms with van der Waals surface area (Å²) in [4.78, 5) is 12.0. The van der Waals surface area contributed by atoms with Crippen molar-refractivity contribution in [3.05, 3.63) is 59.7 Å². The van der Waals surface area contributed by atoms with Crippen molar-refractivity contribution in [2.45, 2.75) is 37.4 Å². The number of sulfonamides is 1. The van der Waals surface area contributed by atoms with Gasteiger partial charge in [-0.25, -0.2) is 8.42 Å². The molecule has 0 radical (unpaired) electrons. The van der Waals surface area contributed by atoms with Gasteiger partial charge in [0, 0.05) is 16.8 Å². The third-order valence-corrected chi connectivity index (χ3v) is 4.72. The molecule has 2 aromatic rings. The Kier molecular flexibility index (Phi) is 5.55. The smallest absolute Gasteiger partial charge is 0.347 e. The van der Waals surface area contributed by atoms with E-state index in [1.54, 1.807) is 20.8 Å². The fourth-order valence-electron chi connectivity index (χ4n) is 2.19. The maximum absolute atomic E-state index is 12.8. The first kappa shape index (κ1) is 20.8. The van der Waals surface area contributed by atoms with Crippen LogP contribution in [0.15, 0.2) is 53.4 Å². The van der Waals surface area contributed by atoms with E-state index in [4.69, 9.17) is 0 Å². The van der Waals surface area contributed by atoms with Crippen LogP contribution < -0.4 is 10.0 Å². The zero-order chi connectivity index (χ0) is 20.5. The minimum Gasteiger partial charge on any atom is -0.347 e. The van der Waals surface area contributed by atoms with Gasteiger partial charge < -0.3 is 5.32 Å². The molecular formula is C18H19F3N2O3S. The Balaban J connectivity index is 2.30. The predicted molar refractivity (Wildman–Crippen MR) is 95.9 cm³/mol. The number of carbonyl (C=O) groups excluding carboxylic acids is 1. The number of nitrogens with one attached hydrogen (secondary N) is 2. The van der Waals surface area contributed by atoms with Gasteiger partial charge >= 0.3 is 6.18 Å². The maximum Gasteiger partial charge on any atom is 0.416 e. The highest BCUT2D eigenvalue weighted by Crippen LogP contribution is 2.31. The molecule has 0 spiro atoms. The molecule has 27 heavy (non-hydrogen) atoms. The van der Waals surface area contributed by atoms with E-state index in [1.807, 2.05) is 0 Å². The van der Waals surface area contributed by atoms with Crippen LogP contribution >= 0.6 is 0 Å². The fraction of sp³-hybridized carbons (Fsp3) is 0.278. The topological polar surface area (TPSA) is 75.3 Å². The average Bonchev–Trinajstić information content (AvgIpc) is 2.52. The van der Waals surface area contributed by atoms with E-state index in [0.717, 1.165) is 18.2 Å². The lowest BCUT2D eigenvalue weighted by Gasteiger charge is -2.20. The van der Waals surface area contributed by atoms with Gasteiger partial charge in [-0.2, -0.15) is 13.2 Å². The summed E-state index contributed by atoms with van der Waals surface area (Å²) < 4.78 is 65.4. The van der Waals surface area contributed by atoms with E-state index in [0.29, 0.717) is 6.07 Å². The van der Waals surface area contributed by atoms with Crippen LogP contribution in [-0.4, -0.2) is 19.9 Å². The highest BCUT2D eigenvalue weighted by molar-refractivity contribution is 7.92. The fourth-order valence-corrected chi connectivity index (χ4v) is 3.29. The third kappa shape index (κ3) is 5.72. The van der Waals surface area contributed by atoms with Crippen molar-refractivity contribution < 1.29 is 26.4 Å². The summed E-state index contributed by atoms with van der Waals surface area (Å²) in [6.45, 7) is 5.34. The number of anilines is 1. The van der Waals surface area contributed by atoms with Crippen LogP contribution in [0.5, 0.6) is 0 Å². The van der Waals surface area contributed by atoms with Crippen LogP contribution in [0, 0.1) is 0 Å². The Bertz CT molecular complexity index is 949. The molecule has 0 aromatic heterocycles. The molecule has 0 aliphatic heterocycles. The van der Waals surface area contributed by atoms with E-state index in [9.17, 15) is 26.4 Å². The summed E-state index contributed by atoms with van der Waals surface area (Å²) in [5.41, 5.74) is -1.59. The minimum atomic E-state index is -4.59. The van der Waals surface area contributed by atoms with Gasteiger partial charge in [-0.1, -0.05) is 12.1 Å².